The lowest BCUT2D eigenvalue weighted by molar-refractivity contribution is -0.137. The van der Waals surface area contributed by atoms with E-state index in [4.69, 9.17) is 16.7 Å². The van der Waals surface area contributed by atoms with E-state index in [0.29, 0.717) is 6.42 Å². The second-order valence-corrected chi connectivity index (χ2v) is 5.12. The highest BCUT2D eigenvalue weighted by atomic mass is 35.5. The third-order valence-electron chi connectivity index (χ3n) is 2.15. The smallest absolute Gasteiger partial charge is 0.303 e. The van der Waals surface area contributed by atoms with E-state index in [2.05, 4.69) is 0 Å². The predicted octanol–water partition coefficient (Wildman–Crippen LogP) is 3.68. The SMILES string of the molecule is Cc1cc(C(C)CCC(=O)O)sc1Cl. The molecule has 1 rings (SSSR count). The molecule has 0 aliphatic heterocycles. The molecule has 0 aliphatic rings. The van der Waals surface area contributed by atoms with Crippen LogP contribution in [0, 0.1) is 6.92 Å². The molecule has 1 aromatic heterocycles. The largest absolute Gasteiger partial charge is 0.481 e. The van der Waals surface area contributed by atoms with Crippen LogP contribution in [0.15, 0.2) is 6.07 Å². The van der Waals surface area contributed by atoms with Gasteiger partial charge in [0.25, 0.3) is 0 Å². The predicted molar refractivity (Wildman–Crippen MR) is 59.4 cm³/mol. The van der Waals surface area contributed by atoms with Gasteiger partial charge in [0.05, 0.1) is 4.34 Å². The first-order chi connectivity index (χ1) is 6.50. The van der Waals surface area contributed by atoms with Crippen LogP contribution < -0.4 is 0 Å². The molecular weight excluding hydrogens is 220 g/mol. The van der Waals surface area contributed by atoms with Gasteiger partial charge in [-0.2, -0.15) is 0 Å². The summed E-state index contributed by atoms with van der Waals surface area (Å²) >= 11 is 7.48. The molecule has 14 heavy (non-hydrogen) atoms. The van der Waals surface area contributed by atoms with Crippen molar-refractivity contribution in [1.82, 2.24) is 0 Å². The van der Waals surface area contributed by atoms with Crippen molar-refractivity contribution in [2.75, 3.05) is 0 Å². The summed E-state index contributed by atoms with van der Waals surface area (Å²) in [5.41, 5.74) is 1.08. The number of aryl methyl sites for hydroxylation is 1. The summed E-state index contributed by atoms with van der Waals surface area (Å²) in [6, 6.07) is 2.04. The third-order valence-corrected chi connectivity index (χ3v) is 3.94. The van der Waals surface area contributed by atoms with E-state index in [1.54, 1.807) is 11.3 Å². The molecular formula is C10H13ClO2S. The van der Waals surface area contributed by atoms with Gasteiger partial charge in [-0.1, -0.05) is 18.5 Å². The highest BCUT2D eigenvalue weighted by Crippen LogP contribution is 2.33. The Morgan fingerprint density at radius 2 is 2.36 bits per heavy atom. The van der Waals surface area contributed by atoms with Crippen LogP contribution in [0.1, 0.15) is 36.1 Å². The third kappa shape index (κ3) is 3.00. The Hall–Kier alpha value is -0.540. The zero-order valence-electron chi connectivity index (χ0n) is 8.21. The van der Waals surface area contributed by atoms with E-state index >= 15 is 0 Å². The molecule has 0 fully saturated rings. The van der Waals surface area contributed by atoms with Gasteiger partial charge in [-0.15, -0.1) is 11.3 Å². The molecule has 4 heteroatoms. The van der Waals surface area contributed by atoms with Crippen molar-refractivity contribution in [3.8, 4) is 0 Å². The van der Waals surface area contributed by atoms with Crippen molar-refractivity contribution in [1.29, 1.82) is 0 Å². The average molecular weight is 233 g/mol. The maximum absolute atomic E-state index is 10.4. The number of carbonyl (C=O) groups is 1. The first-order valence-corrected chi connectivity index (χ1v) is 5.67. The van der Waals surface area contributed by atoms with Gasteiger partial charge in [0.15, 0.2) is 0 Å². The Labute approximate surface area is 92.5 Å². The van der Waals surface area contributed by atoms with Crippen molar-refractivity contribution in [2.45, 2.75) is 32.6 Å². The summed E-state index contributed by atoms with van der Waals surface area (Å²) in [5.74, 6) is -0.460. The van der Waals surface area contributed by atoms with Crippen LogP contribution in [0.5, 0.6) is 0 Å². The van der Waals surface area contributed by atoms with Crippen molar-refractivity contribution in [3.05, 3.63) is 20.8 Å². The maximum atomic E-state index is 10.4. The van der Waals surface area contributed by atoms with Crippen LogP contribution in [0.4, 0.5) is 0 Å². The van der Waals surface area contributed by atoms with Gasteiger partial charge in [0, 0.05) is 11.3 Å². The van der Waals surface area contributed by atoms with Crippen LogP contribution in [0.3, 0.4) is 0 Å². The topological polar surface area (TPSA) is 37.3 Å². The number of hydrogen-bond acceptors (Lipinski definition) is 2. The van der Waals surface area contributed by atoms with Crippen LogP contribution >= 0.6 is 22.9 Å². The summed E-state index contributed by atoms with van der Waals surface area (Å²) in [7, 11) is 0. The molecule has 1 unspecified atom stereocenters. The van der Waals surface area contributed by atoms with Crippen LogP contribution in [-0.2, 0) is 4.79 Å². The highest BCUT2D eigenvalue weighted by Gasteiger charge is 2.12. The van der Waals surface area contributed by atoms with E-state index in [1.807, 2.05) is 19.9 Å². The lowest BCUT2D eigenvalue weighted by Gasteiger charge is -2.05. The molecule has 1 heterocycles. The van der Waals surface area contributed by atoms with Crippen molar-refractivity contribution in [2.24, 2.45) is 0 Å². The zero-order valence-corrected chi connectivity index (χ0v) is 9.78. The van der Waals surface area contributed by atoms with E-state index in [9.17, 15) is 4.79 Å². The molecule has 1 atom stereocenters. The first-order valence-electron chi connectivity index (χ1n) is 4.48. The van der Waals surface area contributed by atoms with Crippen molar-refractivity contribution in [3.63, 3.8) is 0 Å². The van der Waals surface area contributed by atoms with Crippen LogP contribution in [0.25, 0.3) is 0 Å². The Balaban J connectivity index is 2.60. The molecule has 2 nitrogen and oxygen atoms in total. The minimum Gasteiger partial charge on any atom is -0.481 e. The van der Waals surface area contributed by atoms with Gasteiger partial charge >= 0.3 is 5.97 Å². The molecule has 78 valence electrons. The lowest BCUT2D eigenvalue weighted by Crippen LogP contribution is -1.98. The summed E-state index contributed by atoms with van der Waals surface area (Å²) in [6.45, 7) is 4.00. The van der Waals surface area contributed by atoms with E-state index in [-0.39, 0.29) is 12.3 Å². The number of thiophene rings is 1. The van der Waals surface area contributed by atoms with Gasteiger partial charge in [-0.25, -0.2) is 0 Å². The minimum absolute atomic E-state index is 0.218. The monoisotopic (exact) mass is 232 g/mol. The summed E-state index contributed by atoms with van der Waals surface area (Å²) in [5, 5.41) is 8.55. The number of halogens is 1. The van der Waals surface area contributed by atoms with Gasteiger partial charge in [-0.3, -0.25) is 4.79 Å². The maximum Gasteiger partial charge on any atom is 0.303 e. The van der Waals surface area contributed by atoms with Crippen LogP contribution in [-0.4, -0.2) is 11.1 Å². The quantitative estimate of drug-likeness (QED) is 0.860. The lowest BCUT2D eigenvalue weighted by atomic mass is 10.0. The second kappa shape index (κ2) is 4.80. The Kier molecular flexibility index (Phi) is 3.96. The molecule has 0 amide bonds. The minimum atomic E-state index is -0.740. The van der Waals surface area contributed by atoms with Crippen molar-refractivity contribution >= 4 is 28.9 Å². The van der Waals surface area contributed by atoms with Crippen LogP contribution in [0.2, 0.25) is 4.34 Å². The number of rotatable bonds is 4. The fourth-order valence-electron chi connectivity index (χ4n) is 1.21. The zero-order chi connectivity index (χ0) is 10.7. The molecule has 0 saturated carbocycles. The van der Waals surface area contributed by atoms with Crippen molar-refractivity contribution < 1.29 is 9.90 Å². The number of carboxylic acid groups (broad SMARTS) is 1. The molecule has 0 aromatic carbocycles. The van der Waals surface area contributed by atoms with Gasteiger partial charge in [0.1, 0.15) is 0 Å². The van der Waals surface area contributed by atoms with Gasteiger partial charge in [0.2, 0.25) is 0 Å². The average Bonchev–Trinajstić information content (AvgIpc) is 2.43. The summed E-state index contributed by atoms with van der Waals surface area (Å²) in [6.07, 6.45) is 0.890. The summed E-state index contributed by atoms with van der Waals surface area (Å²) in [4.78, 5) is 11.6. The number of hydrogen-bond donors (Lipinski definition) is 1. The Bertz CT molecular complexity index is 313. The molecule has 1 N–H and O–H groups in total. The normalized spacial score (nSPS) is 12.8. The molecule has 0 saturated heterocycles. The summed E-state index contributed by atoms with van der Waals surface area (Å²) < 4.78 is 0.808. The first kappa shape index (κ1) is 11.5. The fraction of sp³-hybridized carbons (Fsp3) is 0.500. The Morgan fingerprint density at radius 1 is 1.71 bits per heavy atom. The number of carboxylic acids is 1. The van der Waals surface area contributed by atoms with Gasteiger partial charge < -0.3 is 5.11 Å². The van der Waals surface area contributed by atoms with E-state index in [0.717, 1.165) is 9.90 Å². The number of aliphatic carboxylic acids is 1. The second-order valence-electron chi connectivity index (χ2n) is 3.44. The standard InChI is InChI=1S/C10H13ClO2S/c1-6(3-4-9(12)13)8-5-7(2)10(11)14-8/h5-6H,3-4H2,1-2H3,(H,12,13). The fourth-order valence-corrected chi connectivity index (χ4v) is 2.51. The highest BCUT2D eigenvalue weighted by molar-refractivity contribution is 7.16. The molecule has 0 spiro atoms. The van der Waals surface area contributed by atoms with E-state index in [1.165, 1.54) is 4.88 Å². The van der Waals surface area contributed by atoms with Gasteiger partial charge in [-0.05, 0) is 30.9 Å². The van der Waals surface area contributed by atoms with E-state index < -0.39 is 5.97 Å². The molecule has 0 radical (unpaired) electrons. The molecule has 0 aliphatic carbocycles. The molecule has 1 aromatic rings. The Morgan fingerprint density at radius 3 is 2.79 bits per heavy atom. The molecule has 0 bridgehead atoms.